The smallest absolute Gasteiger partial charge is 0.222 e. The van der Waals surface area contributed by atoms with Crippen LogP contribution in [0.2, 0.25) is 0 Å². The number of hydrogen-bond donors (Lipinski definition) is 0. The average Bonchev–Trinajstić information content (AvgIpc) is 3.18. The molecule has 2 aliphatic heterocycles. The molecule has 0 N–H and O–H groups in total. The van der Waals surface area contributed by atoms with Gasteiger partial charge in [0.1, 0.15) is 0 Å². The molecule has 1 fully saturated rings. The Labute approximate surface area is 146 Å². The van der Waals surface area contributed by atoms with E-state index >= 15 is 0 Å². The van der Waals surface area contributed by atoms with E-state index in [9.17, 15) is 4.79 Å². The number of amides is 1. The van der Waals surface area contributed by atoms with Crippen LogP contribution in [-0.4, -0.2) is 54.8 Å². The Hall–Kier alpha value is -2.22. The highest BCUT2D eigenvalue weighted by atomic mass is 16.5. The standard InChI is InChI=1S/C17H24N6O2/c1-11-14(12(2)21(3)19-11)4-5-17(24)22-7-6-16-15(9-22)23-13(10-25-16)8-18-20-23/h8,15-16H,4-7,9-10H2,1-3H3/t15-,16+/m1/s1. The lowest BCUT2D eigenvalue weighted by Gasteiger charge is -2.41. The molecule has 8 nitrogen and oxygen atoms in total. The minimum atomic E-state index is 0.0748. The summed E-state index contributed by atoms with van der Waals surface area (Å²) in [5, 5.41) is 12.6. The maximum absolute atomic E-state index is 12.7. The molecule has 2 aromatic rings. The van der Waals surface area contributed by atoms with Crippen molar-refractivity contribution in [1.82, 2.24) is 29.7 Å². The van der Waals surface area contributed by atoms with E-state index in [1.165, 1.54) is 5.56 Å². The molecule has 0 radical (unpaired) electrons. The second-order valence-electron chi connectivity index (χ2n) is 6.99. The molecule has 2 atom stereocenters. The third-order valence-electron chi connectivity index (χ3n) is 5.53. The molecular formula is C17H24N6O2. The Bertz CT molecular complexity index is 795. The van der Waals surface area contributed by atoms with Gasteiger partial charge in [0.25, 0.3) is 0 Å². The SMILES string of the molecule is Cc1nn(C)c(C)c1CCC(=O)N1CC[C@@H]2OCc3cnnn3[C@@H]2C1. The van der Waals surface area contributed by atoms with Gasteiger partial charge in [-0.05, 0) is 32.3 Å². The van der Waals surface area contributed by atoms with Crippen LogP contribution in [0.1, 0.15) is 41.5 Å². The van der Waals surface area contributed by atoms with Crippen molar-refractivity contribution in [3.05, 3.63) is 28.8 Å². The molecule has 0 saturated carbocycles. The van der Waals surface area contributed by atoms with Crippen molar-refractivity contribution in [2.24, 2.45) is 7.05 Å². The van der Waals surface area contributed by atoms with Crippen molar-refractivity contribution in [2.45, 2.75) is 51.9 Å². The molecule has 0 aliphatic carbocycles. The Balaban J connectivity index is 1.42. The molecule has 1 amide bonds. The molecular weight excluding hydrogens is 320 g/mol. The highest BCUT2D eigenvalue weighted by molar-refractivity contribution is 5.76. The topological polar surface area (TPSA) is 78.1 Å². The fourth-order valence-corrected chi connectivity index (χ4v) is 3.98. The summed E-state index contributed by atoms with van der Waals surface area (Å²) in [5.74, 6) is 0.188. The minimum Gasteiger partial charge on any atom is -0.370 e. The molecule has 1 saturated heterocycles. The fraction of sp³-hybridized carbons (Fsp3) is 0.647. The van der Waals surface area contributed by atoms with E-state index in [4.69, 9.17) is 4.74 Å². The average molecular weight is 344 g/mol. The zero-order chi connectivity index (χ0) is 17.6. The van der Waals surface area contributed by atoms with Crippen molar-refractivity contribution in [3.63, 3.8) is 0 Å². The number of nitrogens with zero attached hydrogens (tertiary/aromatic N) is 6. The van der Waals surface area contributed by atoms with Crippen molar-refractivity contribution in [1.29, 1.82) is 0 Å². The number of carbonyl (C=O) groups excluding carboxylic acids is 1. The van der Waals surface area contributed by atoms with Gasteiger partial charge in [-0.25, -0.2) is 4.68 Å². The number of hydrogen-bond acceptors (Lipinski definition) is 5. The van der Waals surface area contributed by atoms with Crippen LogP contribution in [0.3, 0.4) is 0 Å². The van der Waals surface area contributed by atoms with E-state index in [-0.39, 0.29) is 18.1 Å². The quantitative estimate of drug-likeness (QED) is 0.828. The fourth-order valence-electron chi connectivity index (χ4n) is 3.98. The van der Waals surface area contributed by atoms with Gasteiger partial charge in [0, 0.05) is 32.3 Å². The first-order valence-corrected chi connectivity index (χ1v) is 8.82. The third kappa shape index (κ3) is 2.84. The minimum absolute atomic E-state index is 0.0748. The summed E-state index contributed by atoms with van der Waals surface area (Å²) in [6.45, 7) is 6.00. The van der Waals surface area contributed by atoms with Crippen LogP contribution in [0, 0.1) is 13.8 Å². The number of likely N-dealkylation sites (tertiary alicyclic amines) is 1. The zero-order valence-corrected chi connectivity index (χ0v) is 15.0. The van der Waals surface area contributed by atoms with Crippen LogP contribution in [0.25, 0.3) is 0 Å². The number of piperidine rings is 1. The van der Waals surface area contributed by atoms with E-state index in [1.807, 2.05) is 28.2 Å². The lowest BCUT2D eigenvalue weighted by molar-refractivity contribution is -0.138. The second-order valence-corrected chi connectivity index (χ2v) is 6.99. The molecule has 4 rings (SSSR count). The highest BCUT2D eigenvalue weighted by Crippen LogP contribution is 2.30. The summed E-state index contributed by atoms with van der Waals surface area (Å²) in [4.78, 5) is 14.7. The summed E-state index contributed by atoms with van der Waals surface area (Å²) in [5.41, 5.74) is 4.32. The first kappa shape index (κ1) is 16.3. The largest absolute Gasteiger partial charge is 0.370 e. The summed E-state index contributed by atoms with van der Waals surface area (Å²) in [6.07, 6.45) is 3.96. The first-order valence-electron chi connectivity index (χ1n) is 8.82. The van der Waals surface area contributed by atoms with Crippen molar-refractivity contribution < 1.29 is 9.53 Å². The Morgan fingerprint density at radius 3 is 3.00 bits per heavy atom. The maximum atomic E-state index is 12.7. The number of aromatic nitrogens is 5. The molecule has 0 bridgehead atoms. The van der Waals surface area contributed by atoms with Crippen LogP contribution >= 0.6 is 0 Å². The zero-order valence-electron chi connectivity index (χ0n) is 15.0. The Morgan fingerprint density at radius 1 is 1.40 bits per heavy atom. The number of fused-ring (bicyclic) bond motifs is 3. The molecule has 2 aliphatic rings. The molecule has 25 heavy (non-hydrogen) atoms. The second kappa shape index (κ2) is 6.25. The predicted molar refractivity (Wildman–Crippen MR) is 89.8 cm³/mol. The van der Waals surface area contributed by atoms with Gasteiger partial charge >= 0.3 is 0 Å². The van der Waals surface area contributed by atoms with Crippen LogP contribution < -0.4 is 0 Å². The van der Waals surface area contributed by atoms with Gasteiger partial charge in [-0.3, -0.25) is 9.48 Å². The Morgan fingerprint density at radius 2 is 2.24 bits per heavy atom. The van der Waals surface area contributed by atoms with Gasteiger partial charge < -0.3 is 9.64 Å². The van der Waals surface area contributed by atoms with Gasteiger partial charge in [-0.1, -0.05) is 5.21 Å². The highest BCUT2D eigenvalue weighted by Gasteiger charge is 2.37. The van der Waals surface area contributed by atoms with Gasteiger partial charge in [-0.15, -0.1) is 5.10 Å². The normalized spacial score (nSPS) is 22.6. The van der Waals surface area contributed by atoms with Gasteiger partial charge in [0.05, 0.1) is 36.3 Å². The van der Waals surface area contributed by atoms with Crippen LogP contribution in [0.5, 0.6) is 0 Å². The summed E-state index contributed by atoms with van der Waals surface area (Å²) in [6, 6.07) is 0.0748. The third-order valence-corrected chi connectivity index (χ3v) is 5.53. The maximum Gasteiger partial charge on any atom is 0.222 e. The molecule has 2 aromatic heterocycles. The number of carbonyl (C=O) groups is 1. The number of aryl methyl sites for hydroxylation is 2. The van der Waals surface area contributed by atoms with E-state index in [0.29, 0.717) is 19.6 Å². The van der Waals surface area contributed by atoms with Gasteiger partial charge in [0.15, 0.2) is 0 Å². The summed E-state index contributed by atoms with van der Waals surface area (Å²) >= 11 is 0. The molecule has 8 heteroatoms. The first-order chi connectivity index (χ1) is 12.0. The van der Waals surface area contributed by atoms with Crippen LogP contribution in [0.15, 0.2) is 6.20 Å². The van der Waals surface area contributed by atoms with E-state index in [1.54, 1.807) is 6.20 Å². The Kier molecular flexibility index (Phi) is 4.07. The van der Waals surface area contributed by atoms with Crippen molar-refractivity contribution in [2.75, 3.05) is 13.1 Å². The van der Waals surface area contributed by atoms with E-state index < -0.39 is 0 Å². The van der Waals surface area contributed by atoms with Crippen molar-refractivity contribution >= 4 is 5.91 Å². The van der Waals surface area contributed by atoms with Crippen LogP contribution in [0.4, 0.5) is 0 Å². The lowest BCUT2D eigenvalue weighted by atomic mass is 9.99. The van der Waals surface area contributed by atoms with Crippen molar-refractivity contribution in [3.8, 4) is 0 Å². The molecule has 0 spiro atoms. The molecule has 0 aromatic carbocycles. The van der Waals surface area contributed by atoms with E-state index in [2.05, 4.69) is 22.3 Å². The molecule has 0 unspecified atom stereocenters. The predicted octanol–water partition coefficient (Wildman–Crippen LogP) is 0.933. The summed E-state index contributed by atoms with van der Waals surface area (Å²) in [7, 11) is 1.94. The van der Waals surface area contributed by atoms with Gasteiger partial charge in [-0.2, -0.15) is 5.10 Å². The summed E-state index contributed by atoms with van der Waals surface area (Å²) < 4.78 is 9.72. The van der Waals surface area contributed by atoms with Gasteiger partial charge in [0.2, 0.25) is 5.91 Å². The monoisotopic (exact) mass is 344 g/mol. The molecule has 4 heterocycles. The molecule has 134 valence electrons. The number of ether oxygens (including phenoxy) is 1. The lowest BCUT2D eigenvalue weighted by Crippen LogP contribution is -2.49. The van der Waals surface area contributed by atoms with E-state index in [0.717, 1.165) is 36.5 Å². The van der Waals surface area contributed by atoms with Crippen LogP contribution in [-0.2, 0) is 29.6 Å². The number of rotatable bonds is 3.